The van der Waals surface area contributed by atoms with Crippen molar-refractivity contribution in [1.82, 2.24) is 5.32 Å². The van der Waals surface area contributed by atoms with Gasteiger partial charge in [-0.2, -0.15) is 0 Å². The summed E-state index contributed by atoms with van der Waals surface area (Å²) in [6, 6.07) is 14.1. The fourth-order valence-electron chi connectivity index (χ4n) is 2.04. The Morgan fingerprint density at radius 3 is 2.44 bits per heavy atom. The second kappa shape index (κ2) is 4.07. The molecular weight excluding hydrogens is 228 g/mol. The lowest BCUT2D eigenvalue weighted by molar-refractivity contribution is 0.0935. The van der Waals surface area contributed by atoms with Gasteiger partial charge in [0.1, 0.15) is 11.9 Å². The Labute approximate surface area is 104 Å². The predicted octanol–water partition coefficient (Wildman–Crippen LogP) is 2.25. The SMILES string of the molecule is O=C1N[C@@H](c2ccc(O)cc2)Nc2ccccc21. The Balaban J connectivity index is 1.94. The first-order valence-corrected chi connectivity index (χ1v) is 5.69. The number of amides is 1. The van der Waals surface area contributed by atoms with E-state index in [2.05, 4.69) is 10.6 Å². The predicted molar refractivity (Wildman–Crippen MR) is 68.4 cm³/mol. The van der Waals surface area contributed by atoms with Crippen molar-refractivity contribution < 1.29 is 9.90 Å². The molecule has 2 aromatic rings. The zero-order valence-electron chi connectivity index (χ0n) is 9.55. The molecule has 0 fully saturated rings. The largest absolute Gasteiger partial charge is 0.508 e. The molecule has 0 saturated carbocycles. The van der Waals surface area contributed by atoms with Crippen molar-refractivity contribution in [3.8, 4) is 5.75 Å². The number of fused-ring (bicyclic) bond motifs is 1. The Hall–Kier alpha value is -2.49. The van der Waals surface area contributed by atoms with Crippen molar-refractivity contribution in [2.24, 2.45) is 0 Å². The molecule has 0 spiro atoms. The highest BCUT2D eigenvalue weighted by molar-refractivity contribution is 6.01. The highest BCUT2D eigenvalue weighted by atomic mass is 16.3. The maximum atomic E-state index is 11.9. The van der Waals surface area contributed by atoms with Crippen LogP contribution in [0, 0.1) is 0 Å². The normalized spacial score (nSPS) is 17.6. The van der Waals surface area contributed by atoms with Crippen LogP contribution in [0.15, 0.2) is 48.5 Å². The average Bonchev–Trinajstić information content (AvgIpc) is 2.39. The number of benzene rings is 2. The molecule has 90 valence electrons. The number of nitrogens with one attached hydrogen (secondary N) is 2. The highest BCUT2D eigenvalue weighted by Crippen LogP contribution is 2.26. The quantitative estimate of drug-likeness (QED) is 0.716. The summed E-state index contributed by atoms with van der Waals surface area (Å²) in [5.41, 5.74) is 2.36. The van der Waals surface area contributed by atoms with Crippen molar-refractivity contribution in [3.63, 3.8) is 0 Å². The van der Waals surface area contributed by atoms with Crippen molar-refractivity contribution >= 4 is 11.6 Å². The van der Waals surface area contributed by atoms with Crippen molar-refractivity contribution in [3.05, 3.63) is 59.7 Å². The summed E-state index contributed by atoms with van der Waals surface area (Å²) < 4.78 is 0. The van der Waals surface area contributed by atoms with Gasteiger partial charge in [0, 0.05) is 5.69 Å². The fraction of sp³-hybridized carbons (Fsp3) is 0.0714. The van der Waals surface area contributed by atoms with E-state index in [0.29, 0.717) is 5.56 Å². The Bertz CT molecular complexity index is 593. The van der Waals surface area contributed by atoms with Crippen LogP contribution < -0.4 is 10.6 Å². The molecule has 0 aliphatic carbocycles. The molecule has 0 saturated heterocycles. The van der Waals surface area contributed by atoms with Crippen LogP contribution in [0.4, 0.5) is 5.69 Å². The Morgan fingerprint density at radius 1 is 0.944 bits per heavy atom. The molecule has 1 aliphatic heterocycles. The molecule has 2 aromatic carbocycles. The van der Waals surface area contributed by atoms with Gasteiger partial charge in [-0.15, -0.1) is 0 Å². The van der Waals surface area contributed by atoms with Gasteiger partial charge in [-0.05, 0) is 29.8 Å². The molecule has 0 bridgehead atoms. The molecule has 1 atom stereocenters. The molecule has 3 rings (SSSR count). The highest BCUT2D eigenvalue weighted by Gasteiger charge is 2.23. The summed E-state index contributed by atoms with van der Waals surface area (Å²) in [4.78, 5) is 11.9. The summed E-state index contributed by atoms with van der Waals surface area (Å²) >= 11 is 0. The van der Waals surface area contributed by atoms with Crippen molar-refractivity contribution in [1.29, 1.82) is 0 Å². The van der Waals surface area contributed by atoms with E-state index in [1.165, 1.54) is 0 Å². The number of hydrogen-bond donors (Lipinski definition) is 3. The van der Waals surface area contributed by atoms with Gasteiger partial charge in [-0.1, -0.05) is 24.3 Å². The van der Waals surface area contributed by atoms with Crippen molar-refractivity contribution in [2.75, 3.05) is 5.32 Å². The van der Waals surface area contributed by atoms with E-state index in [-0.39, 0.29) is 17.8 Å². The minimum absolute atomic E-state index is 0.0950. The number of hydrogen-bond acceptors (Lipinski definition) is 3. The van der Waals surface area contributed by atoms with E-state index in [0.717, 1.165) is 11.3 Å². The standard InChI is InChI=1S/C14H12N2O2/c17-10-7-5-9(6-8-10)13-15-12-4-2-1-3-11(12)14(18)16-13/h1-8,13,15,17H,(H,16,18)/t13-/m0/s1. The molecule has 0 aromatic heterocycles. The van der Waals surface area contributed by atoms with E-state index in [1.807, 2.05) is 18.2 Å². The Morgan fingerprint density at radius 2 is 1.67 bits per heavy atom. The second-order valence-corrected chi connectivity index (χ2v) is 4.19. The van der Waals surface area contributed by atoms with Gasteiger partial charge in [-0.25, -0.2) is 0 Å². The topological polar surface area (TPSA) is 61.4 Å². The van der Waals surface area contributed by atoms with Crippen LogP contribution in [0.5, 0.6) is 5.75 Å². The van der Waals surface area contributed by atoms with Gasteiger partial charge in [0.15, 0.2) is 0 Å². The summed E-state index contributed by atoms with van der Waals surface area (Å²) in [7, 11) is 0. The first-order valence-electron chi connectivity index (χ1n) is 5.69. The number of rotatable bonds is 1. The van der Waals surface area contributed by atoms with E-state index in [9.17, 15) is 9.90 Å². The summed E-state index contributed by atoms with van der Waals surface area (Å²) in [6.07, 6.45) is -0.270. The first kappa shape index (κ1) is 10.7. The van der Waals surface area contributed by atoms with E-state index >= 15 is 0 Å². The minimum Gasteiger partial charge on any atom is -0.508 e. The van der Waals surface area contributed by atoms with Gasteiger partial charge in [0.25, 0.3) is 5.91 Å². The maximum Gasteiger partial charge on any atom is 0.255 e. The third-order valence-corrected chi connectivity index (χ3v) is 2.97. The summed E-state index contributed by atoms with van der Waals surface area (Å²) in [6.45, 7) is 0. The number of para-hydroxylation sites is 1. The molecule has 18 heavy (non-hydrogen) atoms. The fourth-order valence-corrected chi connectivity index (χ4v) is 2.04. The molecule has 0 unspecified atom stereocenters. The van der Waals surface area contributed by atoms with Crippen LogP contribution in [-0.4, -0.2) is 11.0 Å². The van der Waals surface area contributed by atoms with Crippen LogP contribution in [0.25, 0.3) is 0 Å². The van der Waals surface area contributed by atoms with Gasteiger partial charge in [0.2, 0.25) is 0 Å². The second-order valence-electron chi connectivity index (χ2n) is 4.19. The van der Waals surface area contributed by atoms with Crippen LogP contribution in [0.2, 0.25) is 0 Å². The molecule has 0 radical (unpaired) electrons. The summed E-state index contributed by atoms with van der Waals surface area (Å²) in [5.74, 6) is 0.115. The lowest BCUT2D eigenvalue weighted by atomic mass is 10.1. The molecule has 3 N–H and O–H groups in total. The van der Waals surface area contributed by atoms with Crippen LogP contribution in [0.3, 0.4) is 0 Å². The van der Waals surface area contributed by atoms with Crippen LogP contribution in [0.1, 0.15) is 22.1 Å². The van der Waals surface area contributed by atoms with E-state index in [1.54, 1.807) is 30.3 Å². The third-order valence-electron chi connectivity index (χ3n) is 2.97. The van der Waals surface area contributed by atoms with Gasteiger partial charge in [-0.3, -0.25) is 4.79 Å². The van der Waals surface area contributed by atoms with Gasteiger partial charge >= 0.3 is 0 Å². The molecule has 4 heteroatoms. The molecule has 1 heterocycles. The smallest absolute Gasteiger partial charge is 0.255 e. The molecule has 1 amide bonds. The summed E-state index contributed by atoms with van der Waals surface area (Å²) in [5, 5.41) is 15.4. The van der Waals surface area contributed by atoms with E-state index < -0.39 is 0 Å². The zero-order chi connectivity index (χ0) is 12.5. The average molecular weight is 240 g/mol. The van der Waals surface area contributed by atoms with Gasteiger partial charge in [0.05, 0.1) is 5.56 Å². The lowest BCUT2D eigenvalue weighted by Gasteiger charge is -2.28. The van der Waals surface area contributed by atoms with Crippen molar-refractivity contribution in [2.45, 2.75) is 6.17 Å². The molecule has 1 aliphatic rings. The monoisotopic (exact) mass is 240 g/mol. The number of phenolic OH excluding ortho intramolecular Hbond substituents is 1. The molecular formula is C14H12N2O2. The van der Waals surface area contributed by atoms with Gasteiger partial charge < -0.3 is 15.7 Å². The number of anilines is 1. The van der Waals surface area contributed by atoms with E-state index in [4.69, 9.17) is 0 Å². The first-order chi connectivity index (χ1) is 8.74. The zero-order valence-corrected chi connectivity index (χ0v) is 9.55. The number of aromatic hydroxyl groups is 1. The number of carbonyl (C=O) groups is 1. The Kier molecular flexibility index (Phi) is 2.41. The van der Waals surface area contributed by atoms with Crippen LogP contribution in [-0.2, 0) is 0 Å². The maximum absolute atomic E-state index is 11.9. The number of phenols is 1. The minimum atomic E-state index is -0.270. The number of carbonyl (C=O) groups excluding carboxylic acids is 1. The van der Waals surface area contributed by atoms with Crippen LogP contribution >= 0.6 is 0 Å². The lowest BCUT2D eigenvalue weighted by Crippen LogP contribution is -2.38. The third kappa shape index (κ3) is 1.78. The molecule has 4 nitrogen and oxygen atoms in total.